The van der Waals surface area contributed by atoms with Crippen molar-refractivity contribution in [1.82, 2.24) is 20.4 Å². The molecule has 0 heterocycles. The van der Waals surface area contributed by atoms with E-state index in [0.29, 0.717) is 32.6 Å². The maximum absolute atomic E-state index is 12.2. The first-order chi connectivity index (χ1) is 14.4. The predicted molar refractivity (Wildman–Crippen MR) is 122 cm³/mol. The molecular formula is C24H34N4O2. The van der Waals surface area contributed by atoms with Crippen LogP contribution in [0, 0.1) is 0 Å². The molecule has 2 aromatic rings. The highest BCUT2D eigenvalue weighted by Gasteiger charge is 2.10. The third kappa shape index (κ3) is 7.19. The molecule has 0 aromatic heterocycles. The number of nitrogens with zero attached hydrogens (tertiary/aromatic N) is 2. The molecule has 162 valence electrons. The summed E-state index contributed by atoms with van der Waals surface area (Å²) in [5.41, 5.74) is 4.54. The van der Waals surface area contributed by atoms with Crippen molar-refractivity contribution >= 4 is 11.9 Å². The second kappa shape index (κ2) is 12.0. The molecule has 2 aromatic carbocycles. The van der Waals surface area contributed by atoms with Crippen molar-refractivity contribution in [1.29, 1.82) is 0 Å². The van der Waals surface area contributed by atoms with Gasteiger partial charge in [0.15, 0.2) is 0 Å². The summed E-state index contributed by atoms with van der Waals surface area (Å²) < 4.78 is 0. The molecule has 0 radical (unpaired) electrons. The molecule has 0 atom stereocenters. The van der Waals surface area contributed by atoms with Gasteiger partial charge in [-0.05, 0) is 50.2 Å². The van der Waals surface area contributed by atoms with E-state index in [0.717, 1.165) is 23.2 Å². The number of nitrogens with one attached hydrogen (secondary N) is 2. The van der Waals surface area contributed by atoms with Crippen LogP contribution in [0.2, 0.25) is 0 Å². The smallest absolute Gasteiger partial charge is 0.315 e. The first-order valence-electron chi connectivity index (χ1n) is 10.6. The Hall–Kier alpha value is -2.86. The van der Waals surface area contributed by atoms with Crippen LogP contribution in [0.4, 0.5) is 4.79 Å². The van der Waals surface area contributed by atoms with Crippen molar-refractivity contribution in [2.75, 3.05) is 33.7 Å². The lowest BCUT2D eigenvalue weighted by Gasteiger charge is -2.18. The predicted octanol–water partition coefficient (Wildman–Crippen LogP) is 3.47. The molecule has 30 heavy (non-hydrogen) atoms. The van der Waals surface area contributed by atoms with Crippen LogP contribution in [0.5, 0.6) is 0 Å². The number of rotatable bonds is 10. The van der Waals surface area contributed by atoms with Gasteiger partial charge in [-0.2, -0.15) is 0 Å². The first-order valence-corrected chi connectivity index (χ1v) is 10.6. The van der Waals surface area contributed by atoms with Gasteiger partial charge in [0.1, 0.15) is 0 Å². The normalized spacial score (nSPS) is 10.7. The van der Waals surface area contributed by atoms with Crippen molar-refractivity contribution in [2.45, 2.75) is 33.4 Å². The number of hydrogen-bond acceptors (Lipinski definition) is 3. The van der Waals surface area contributed by atoms with E-state index < -0.39 is 0 Å². The summed E-state index contributed by atoms with van der Waals surface area (Å²) in [5, 5.41) is 5.67. The summed E-state index contributed by atoms with van der Waals surface area (Å²) in [6.45, 7) is 6.94. The maximum atomic E-state index is 12.2. The second-order valence-electron chi connectivity index (χ2n) is 7.52. The van der Waals surface area contributed by atoms with Gasteiger partial charge < -0.3 is 20.4 Å². The molecule has 0 saturated carbocycles. The van der Waals surface area contributed by atoms with Crippen LogP contribution in [-0.2, 0) is 17.9 Å². The van der Waals surface area contributed by atoms with Crippen LogP contribution in [0.25, 0.3) is 11.1 Å². The molecule has 0 spiro atoms. The Bertz CT molecular complexity index is 814. The van der Waals surface area contributed by atoms with Gasteiger partial charge in [0, 0.05) is 39.1 Å². The average Bonchev–Trinajstić information content (AvgIpc) is 2.73. The Labute approximate surface area is 180 Å². The third-order valence-electron chi connectivity index (χ3n) is 4.96. The quantitative estimate of drug-likeness (QED) is 0.630. The fourth-order valence-electron chi connectivity index (χ4n) is 3.37. The lowest BCUT2D eigenvalue weighted by atomic mass is 9.98. The van der Waals surface area contributed by atoms with Crippen LogP contribution >= 0.6 is 0 Å². The summed E-state index contributed by atoms with van der Waals surface area (Å²) in [5.74, 6) is 0.0587. The Kier molecular flexibility index (Phi) is 9.35. The highest BCUT2D eigenvalue weighted by Crippen LogP contribution is 2.24. The minimum absolute atomic E-state index is 0.0587. The van der Waals surface area contributed by atoms with Crippen molar-refractivity contribution in [3.63, 3.8) is 0 Å². The molecule has 0 aliphatic rings. The summed E-state index contributed by atoms with van der Waals surface area (Å²) in [7, 11) is 4.11. The monoisotopic (exact) mass is 410 g/mol. The Balaban J connectivity index is 1.90. The van der Waals surface area contributed by atoms with E-state index >= 15 is 0 Å². The first kappa shape index (κ1) is 23.4. The van der Waals surface area contributed by atoms with Gasteiger partial charge in [-0.3, -0.25) is 4.79 Å². The topological polar surface area (TPSA) is 64.7 Å². The molecule has 0 aliphatic carbocycles. The van der Waals surface area contributed by atoms with Crippen molar-refractivity contribution in [3.8, 4) is 11.1 Å². The SMILES string of the molecule is CCN(CC)C(=O)CCNC(=O)NCc1ccccc1-c1ccc(CN(C)C)cc1. The van der Waals surface area contributed by atoms with Gasteiger partial charge in [0.2, 0.25) is 5.91 Å². The third-order valence-corrected chi connectivity index (χ3v) is 4.96. The molecule has 6 nitrogen and oxygen atoms in total. The second-order valence-corrected chi connectivity index (χ2v) is 7.52. The molecule has 0 saturated heterocycles. The van der Waals surface area contributed by atoms with Gasteiger partial charge in [0.25, 0.3) is 0 Å². The van der Waals surface area contributed by atoms with Crippen molar-refractivity contribution in [2.24, 2.45) is 0 Å². The average molecular weight is 411 g/mol. The zero-order chi connectivity index (χ0) is 21.9. The van der Waals surface area contributed by atoms with Crippen molar-refractivity contribution < 1.29 is 9.59 Å². The van der Waals surface area contributed by atoms with Gasteiger partial charge in [-0.25, -0.2) is 4.79 Å². The largest absolute Gasteiger partial charge is 0.343 e. The van der Waals surface area contributed by atoms with Crippen LogP contribution in [-0.4, -0.2) is 55.5 Å². The molecule has 3 amide bonds. The number of amides is 3. The highest BCUT2D eigenvalue weighted by molar-refractivity contribution is 5.78. The zero-order valence-electron chi connectivity index (χ0n) is 18.6. The Morgan fingerprint density at radius 3 is 2.20 bits per heavy atom. The van der Waals surface area contributed by atoms with Crippen molar-refractivity contribution in [3.05, 3.63) is 59.7 Å². The van der Waals surface area contributed by atoms with E-state index in [1.165, 1.54) is 5.56 Å². The van der Waals surface area contributed by atoms with Gasteiger partial charge in [0.05, 0.1) is 0 Å². The summed E-state index contributed by atoms with van der Waals surface area (Å²) >= 11 is 0. The molecule has 0 unspecified atom stereocenters. The van der Waals surface area contributed by atoms with E-state index in [1.807, 2.05) is 32.0 Å². The van der Waals surface area contributed by atoms with Crippen LogP contribution in [0.1, 0.15) is 31.4 Å². The van der Waals surface area contributed by atoms with E-state index in [1.54, 1.807) is 4.90 Å². The number of urea groups is 1. The molecule has 6 heteroatoms. The number of benzene rings is 2. The lowest BCUT2D eigenvalue weighted by molar-refractivity contribution is -0.130. The standard InChI is InChI=1S/C24H34N4O2/c1-5-28(6-2)23(29)15-16-25-24(30)26-17-21-9-7-8-10-22(21)20-13-11-19(12-14-20)18-27(3)4/h7-14H,5-6,15-18H2,1-4H3,(H2,25,26,30). The molecule has 0 bridgehead atoms. The van der Waals surface area contributed by atoms with E-state index in [4.69, 9.17) is 0 Å². The van der Waals surface area contributed by atoms with Gasteiger partial charge in [-0.1, -0.05) is 48.5 Å². The summed E-state index contributed by atoms with van der Waals surface area (Å²) in [4.78, 5) is 28.1. The highest BCUT2D eigenvalue weighted by atomic mass is 16.2. The fraction of sp³-hybridized carbons (Fsp3) is 0.417. The van der Waals surface area contributed by atoms with Gasteiger partial charge in [-0.15, -0.1) is 0 Å². The van der Waals surface area contributed by atoms with Crippen LogP contribution in [0.15, 0.2) is 48.5 Å². The van der Waals surface area contributed by atoms with E-state index in [9.17, 15) is 9.59 Å². The van der Waals surface area contributed by atoms with E-state index in [2.05, 4.69) is 60.0 Å². The lowest BCUT2D eigenvalue weighted by Crippen LogP contribution is -2.38. The molecule has 2 rings (SSSR count). The molecular weight excluding hydrogens is 376 g/mol. The maximum Gasteiger partial charge on any atom is 0.315 e. The minimum Gasteiger partial charge on any atom is -0.343 e. The molecule has 0 fully saturated rings. The van der Waals surface area contributed by atoms with E-state index in [-0.39, 0.29) is 11.9 Å². The molecule has 2 N–H and O–H groups in total. The molecule has 0 aliphatic heterocycles. The van der Waals surface area contributed by atoms with Crippen LogP contribution in [0.3, 0.4) is 0 Å². The van der Waals surface area contributed by atoms with Gasteiger partial charge >= 0.3 is 6.03 Å². The number of carbonyl (C=O) groups is 2. The number of hydrogen-bond donors (Lipinski definition) is 2. The fourth-order valence-corrected chi connectivity index (χ4v) is 3.37. The summed E-state index contributed by atoms with van der Waals surface area (Å²) in [6, 6.07) is 16.3. The van der Waals surface area contributed by atoms with Crippen LogP contribution < -0.4 is 10.6 Å². The zero-order valence-corrected chi connectivity index (χ0v) is 18.6. The minimum atomic E-state index is -0.265. The Morgan fingerprint density at radius 2 is 1.57 bits per heavy atom. The number of carbonyl (C=O) groups excluding carboxylic acids is 2. The summed E-state index contributed by atoms with van der Waals surface area (Å²) in [6.07, 6.45) is 0.311. The Morgan fingerprint density at radius 1 is 0.900 bits per heavy atom.